The molecule has 1 aromatic rings. The van der Waals surface area contributed by atoms with Crippen molar-refractivity contribution in [3.8, 4) is 11.5 Å². The van der Waals surface area contributed by atoms with Crippen LogP contribution in [0.3, 0.4) is 0 Å². The van der Waals surface area contributed by atoms with Gasteiger partial charge in [0.05, 0.1) is 0 Å². The van der Waals surface area contributed by atoms with Crippen LogP contribution in [0.1, 0.15) is 18.4 Å². The number of amides is 3. The van der Waals surface area contributed by atoms with Gasteiger partial charge in [-0.25, -0.2) is 4.79 Å². The lowest BCUT2D eigenvalue weighted by Crippen LogP contribution is -2.50. The molecule has 0 aromatic heterocycles. The Kier molecular flexibility index (Phi) is 5.62. The molecule has 0 bridgehead atoms. The maximum atomic E-state index is 12.4. The van der Waals surface area contributed by atoms with Gasteiger partial charge in [-0.3, -0.25) is 4.79 Å². The number of nitrogens with zero attached hydrogens (tertiary/aromatic N) is 1. The molecule has 0 radical (unpaired) electrons. The smallest absolute Gasteiger partial charge is 0.405 e. The number of benzene rings is 1. The molecule has 7 nitrogen and oxygen atoms in total. The summed E-state index contributed by atoms with van der Waals surface area (Å²) in [4.78, 5) is 25.6. The molecule has 0 spiro atoms. The fourth-order valence-corrected chi connectivity index (χ4v) is 3.06. The van der Waals surface area contributed by atoms with Gasteiger partial charge in [0.1, 0.15) is 25.8 Å². The number of carbonyl (C=O) groups is 2. The van der Waals surface area contributed by atoms with Gasteiger partial charge in [0, 0.05) is 13.1 Å². The average Bonchev–Trinajstić information content (AvgIpc) is 3.13. The van der Waals surface area contributed by atoms with Crippen LogP contribution in [0, 0.1) is 0 Å². The first-order valence-electron chi connectivity index (χ1n) is 8.61. The Bertz CT molecular complexity index is 711. The van der Waals surface area contributed by atoms with E-state index in [4.69, 9.17) is 9.47 Å². The van der Waals surface area contributed by atoms with E-state index in [1.165, 1.54) is 4.90 Å². The number of rotatable bonds is 4. The van der Waals surface area contributed by atoms with Crippen LogP contribution in [0.25, 0.3) is 0 Å². The fourth-order valence-electron chi connectivity index (χ4n) is 3.06. The molecule has 0 unspecified atom stereocenters. The first kappa shape index (κ1) is 19.1. The summed E-state index contributed by atoms with van der Waals surface area (Å²) >= 11 is 0. The van der Waals surface area contributed by atoms with E-state index in [0.717, 1.165) is 5.56 Å². The number of hydrogen-bond acceptors (Lipinski definition) is 4. The summed E-state index contributed by atoms with van der Waals surface area (Å²) < 4.78 is 47.7. The number of halogens is 3. The zero-order valence-corrected chi connectivity index (χ0v) is 14.5. The van der Waals surface area contributed by atoms with E-state index >= 15 is 0 Å². The lowest BCUT2D eigenvalue weighted by atomic mass is 10.2. The molecule has 3 rings (SSSR count). The van der Waals surface area contributed by atoms with Crippen molar-refractivity contribution in [1.82, 2.24) is 15.5 Å². The monoisotopic (exact) mass is 387 g/mol. The minimum atomic E-state index is -4.49. The van der Waals surface area contributed by atoms with E-state index in [0.29, 0.717) is 44.1 Å². The molecule has 1 aromatic carbocycles. The number of ether oxygens (including phenoxy) is 2. The highest BCUT2D eigenvalue weighted by Crippen LogP contribution is 2.30. The van der Waals surface area contributed by atoms with Crippen LogP contribution < -0.4 is 20.1 Å². The normalized spacial score (nSPS) is 18.9. The van der Waals surface area contributed by atoms with Crippen molar-refractivity contribution in [2.75, 3.05) is 26.3 Å². The van der Waals surface area contributed by atoms with Gasteiger partial charge >= 0.3 is 12.2 Å². The maximum Gasteiger partial charge on any atom is 0.405 e. The highest BCUT2D eigenvalue weighted by molar-refractivity contribution is 5.87. The Morgan fingerprint density at radius 1 is 1.15 bits per heavy atom. The summed E-state index contributed by atoms with van der Waals surface area (Å²) in [5.74, 6) is 0.440. The molecule has 0 aliphatic carbocycles. The van der Waals surface area contributed by atoms with Crippen LogP contribution in [0.15, 0.2) is 18.2 Å². The Morgan fingerprint density at radius 2 is 1.89 bits per heavy atom. The Balaban J connectivity index is 1.54. The Hall–Kier alpha value is -2.65. The van der Waals surface area contributed by atoms with Crippen molar-refractivity contribution in [1.29, 1.82) is 0 Å². The first-order valence-corrected chi connectivity index (χ1v) is 8.61. The van der Waals surface area contributed by atoms with Crippen LogP contribution in [0.4, 0.5) is 18.0 Å². The summed E-state index contributed by atoms with van der Waals surface area (Å²) in [6.45, 7) is 0.0378. The standard InChI is InChI=1S/C17H20F3N3O4/c18-17(19,20)10-22-15(24)12-2-1-5-23(12)16(25)21-9-11-3-4-13-14(8-11)27-7-6-26-13/h3-4,8,12H,1-2,5-7,9-10H2,(H,21,25)(H,22,24)/t12-/m1/s1. The van der Waals surface area contributed by atoms with Crippen LogP contribution in [0.2, 0.25) is 0 Å². The van der Waals surface area contributed by atoms with E-state index in [9.17, 15) is 22.8 Å². The molecule has 2 N–H and O–H groups in total. The molecular weight excluding hydrogens is 367 g/mol. The van der Waals surface area contributed by atoms with Gasteiger partial charge in [0.15, 0.2) is 11.5 Å². The van der Waals surface area contributed by atoms with Crippen molar-refractivity contribution >= 4 is 11.9 Å². The molecule has 27 heavy (non-hydrogen) atoms. The van der Waals surface area contributed by atoms with Gasteiger partial charge in [0.2, 0.25) is 5.91 Å². The van der Waals surface area contributed by atoms with E-state index in [-0.39, 0.29) is 6.54 Å². The van der Waals surface area contributed by atoms with Crippen LogP contribution in [-0.4, -0.2) is 55.4 Å². The van der Waals surface area contributed by atoms with Gasteiger partial charge in [-0.2, -0.15) is 13.2 Å². The predicted molar refractivity (Wildman–Crippen MR) is 88.5 cm³/mol. The average molecular weight is 387 g/mol. The summed E-state index contributed by atoms with van der Waals surface area (Å²) in [5.41, 5.74) is 0.782. The number of nitrogens with one attached hydrogen (secondary N) is 2. The number of alkyl halides is 3. The molecule has 1 saturated heterocycles. The van der Waals surface area contributed by atoms with Crippen LogP contribution >= 0.6 is 0 Å². The summed E-state index contributed by atoms with van der Waals surface area (Å²) in [7, 11) is 0. The third-order valence-corrected chi connectivity index (χ3v) is 4.33. The predicted octanol–water partition coefficient (Wildman–Crippen LogP) is 1.81. The number of likely N-dealkylation sites (tertiary alicyclic amines) is 1. The van der Waals surface area contributed by atoms with Crippen molar-refractivity contribution in [3.05, 3.63) is 23.8 Å². The molecular formula is C17H20F3N3O4. The SMILES string of the molecule is O=C(NCC(F)(F)F)[C@H]1CCCN1C(=O)NCc1ccc2c(c1)OCCO2. The minimum absolute atomic E-state index is 0.197. The molecule has 2 aliphatic heterocycles. The quantitative estimate of drug-likeness (QED) is 0.826. The zero-order valence-electron chi connectivity index (χ0n) is 14.5. The minimum Gasteiger partial charge on any atom is -0.486 e. The largest absolute Gasteiger partial charge is 0.486 e. The maximum absolute atomic E-state index is 12.4. The number of urea groups is 1. The molecule has 1 fully saturated rings. The van der Waals surface area contributed by atoms with Crippen LogP contribution in [-0.2, 0) is 11.3 Å². The summed E-state index contributed by atoms with van der Waals surface area (Å²) in [5, 5.41) is 4.53. The molecule has 2 aliphatic rings. The molecule has 148 valence electrons. The molecule has 2 heterocycles. The summed E-state index contributed by atoms with van der Waals surface area (Å²) in [6, 6.07) is 3.90. The van der Waals surface area contributed by atoms with Gasteiger partial charge in [-0.1, -0.05) is 6.07 Å². The van der Waals surface area contributed by atoms with Gasteiger partial charge in [0.25, 0.3) is 0 Å². The van der Waals surface area contributed by atoms with E-state index in [2.05, 4.69) is 5.32 Å². The molecule has 1 atom stereocenters. The lowest BCUT2D eigenvalue weighted by Gasteiger charge is -2.24. The number of carbonyl (C=O) groups excluding carboxylic acids is 2. The second kappa shape index (κ2) is 7.93. The first-order chi connectivity index (χ1) is 12.8. The van der Waals surface area contributed by atoms with Crippen LogP contribution in [0.5, 0.6) is 11.5 Å². The van der Waals surface area contributed by atoms with E-state index in [1.54, 1.807) is 18.2 Å². The second-order valence-electron chi connectivity index (χ2n) is 6.32. The second-order valence-corrected chi connectivity index (χ2v) is 6.32. The lowest BCUT2D eigenvalue weighted by molar-refractivity contribution is -0.140. The molecule has 10 heteroatoms. The summed E-state index contributed by atoms with van der Waals surface area (Å²) in [6.07, 6.45) is -3.59. The van der Waals surface area contributed by atoms with Crippen molar-refractivity contribution in [2.45, 2.75) is 31.6 Å². The number of fused-ring (bicyclic) bond motifs is 1. The Labute approximate surface area is 153 Å². The van der Waals surface area contributed by atoms with Crippen molar-refractivity contribution in [2.24, 2.45) is 0 Å². The number of hydrogen-bond donors (Lipinski definition) is 2. The fraction of sp³-hybridized carbons (Fsp3) is 0.529. The Morgan fingerprint density at radius 3 is 2.63 bits per heavy atom. The zero-order chi connectivity index (χ0) is 19.4. The van der Waals surface area contributed by atoms with Crippen molar-refractivity contribution in [3.63, 3.8) is 0 Å². The van der Waals surface area contributed by atoms with E-state index in [1.807, 2.05) is 5.32 Å². The van der Waals surface area contributed by atoms with Gasteiger partial charge < -0.3 is 25.0 Å². The topological polar surface area (TPSA) is 79.9 Å². The van der Waals surface area contributed by atoms with E-state index < -0.39 is 30.7 Å². The van der Waals surface area contributed by atoms with Gasteiger partial charge in [-0.05, 0) is 30.5 Å². The highest BCUT2D eigenvalue weighted by atomic mass is 19.4. The third kappa shape index (κ3) is 4.95. The van der Waals surface area contributed by atoms with Gasteiger partial charge in [-0.15, -0.1) is 0 Å². The molecule has 0 saturated carbocycles. The third-order valence-electron chi connectivity index (χ3n) is 4.33. The highest BCUT2D eigenvalue weighted by Gasteiger charge is 2.36. The molecule has 3 amide bonds. The van der Waals surface area contributed by atoms with Crippen molar-refractivity contribution < 1.29 is 32.2 Å².